The SMILES string of the molecule is COC(=O)c1ccc(O)cc1.O=S(=O)([O-])[O-].OCC(O)CO.[Mg+2]. The minimum Gasteiger partial charge on any atom is -0.759 e. The molecule has 0 aliphatic rings. The number of carbonyl (C=O) groups is 1. The molecule has 0 unspecified atom stereocenters. The van der Waals surface area contributed by atoms with Gasteiger partial charge in [-0.2, -0.15) is 0 Å². The van der Waals surface area contributed by atoms with Crippen LogP contribution in [0.25, 0.3) is 0 Å². The van der Waals surface area contributed by atoms with Gasteiger partial charge in [0.05, 0.1) is 25.9 Å². The van der Waals surface area contributed by atoms with Gasteiger partial charge in [-0.25, -0.2) is 4.79 Å². The first-order valence-corrected chi connectivity index (χ1v) is 6.82. The fourth-order valence-electron chi connectivity index (χ4n) is 0.773. The fraction of sp³-hybridized carbons (Fsp3) is 0.364. The Balaban J connectivity index is -0.000000287. The number of phenols is 1. The molecule has 10 nitrogen and oxygen atoms in total. The van der Waals surface area contributed by atoms with Crippen molar-refractivity contribution in [3.63, 3.8) is 0 Å². The third-order valence-corrected chi connectivity index (χ3v) is 1.71. The van der Waals surface area contributed by atoms with Gasteiger partial charge in [-0.15, -0.1) is 0 Å². The van der Waals surface area contributed by atoms with E-state index in [0.29, 0.717) is 5.56 Å². The number of methoxy groups -OCH3 is 1. The summed E-state index contributed by atoms with van der Waals surface area (Å²) in [6, 6.07) is 5.88. The number of aliphatic hydroxyl groups is 3. The van der Waals surface area contributed by atoms with Gasteiger partial charge in [0.15, 0.2) is 0 Å². The van der Waals surface area contributed by atoms with Crippen molar-refractivity contribution in [3.8, 4) is 5.75 Å². The Hall–Kier alpha value is -0.994. The van der Waals surface area contributed by atoms with Crippen LogP contribution in [-0.2, 0) is 15.1 Å². The Morgan fingerprint density at radius 3 is 1.74 bits per heavy atom. The van der Waals surface area contributed by atoms with Crippen LogP contribution in [-0.4, -0.2) is 93.4 Å². The molecule has 23 heavy (non-hydrogen) atoms. The van der Waals surface area contributed by atoms with Crippen LogP contribution in [0.2, 0.25) is 0 Å². The van der Waals surface area contributed by atoms with Gasteiger partial charge in [0, 0.05) is 10.4 Å². The van der Waals surface area contributed by atoms with Crippen molar-refractivity contribution in [2.45, 2.75) is 6.10 Å². The van der Waals surface area contributed by atoms with Crippen LogP contribution in [0.1, 0.15) is 10.4 Å². The Kier molecular flexibility index (Phi) is 17.1. The molecule has 0 bridgehead atoms. The fourth-order valence-corrected chi connectivity index (χ4v) is 0.773. The predicted octanol–water partition coefficient (Wildman–Crippen LogP) is -2.21. The maximum absolute atomic E-state index is 10.8. The molecule has 0 atom stereocenters. The smallest absolute Gasteiger partial charge is 0.759 e. The molecule has 0 aromatic heterocycles. The zero-order chi connectivity index (χ0) is 17.8. The number of ether oxygens (including phenoxy) is 1. The van der Waals surface area contributed by atoms with Gasteiger partial charge in [-0.3, -0.25) is 8.42 Å². The molecule has 0 fully saturated rings. The van der Waals surface area contributed by atoms with Crippen molar-refractivity contribution in [2.24, 2.45) is 0 Å². The summed E-state index contributed by atoms with van der Waals surface area (Å²) in [7, 11) is -3.85. The van der Waals surface area contributed by atoms with E-state index in [2.05, 4.69) is 4.74 Å². The molecular weight excluding hydrogens is 348 g/mol. The summed E-state index contributed by atoms with van der Waals surface area (Å²) < 4.78 is 38.5. The van der Waals surface area contributed by atoms with Crippen LogP contribution in [0.5, 0.6) is 5.75 Å². The molecule has 0 aliphatic carbocycles. The molecule has 1 rings (SSSR count). The summed E-state index contributed by atoms with van der Waals surface area (Å²) in [6.45, 7) is -0.729. The molecule has 0 heterocycles. The normalized spacial score (nSPS) is 9.52. The molecule has 12 heteroatoms. The third kappa shape index (κ3) is 21.0. The van der Waals surface area contributed by atoms with Crippen LogP contribution < -0.4 is 0 Å². The van der Waals surface area contributed by atoms with E-state index in [0.717, 1.165) is 0 Å². The van der Waals surface area contributed by atoms with Crippen molar-refractivity contribution in [3.05, 3.63) is 29.8 Å². The maximum atomic E-state index is 10.8. The van der Waals surface area contributed by atoms with Crippen LogP contribution in [0.15, 0.2) is 24.3 Å². The van der Waals surface area contributed by atoms with E-state index in [1.165, 1.54) is 31.4 Å². The number of benzene rings is 1. The van der Waals surface area contributed by atoms with Crippen LogP contribution in [0.3, 0.4) is 0 Å². The molecule has 0 amide bonds. The third-order valence-electron chi connectivity index (χ3n) is 1.71. The number of esters is 1. The quantitative estimate of drug-likeness (QED) is 0.198. The average molecular weight is 365 g/mol. The Labute approximate surface area is 149 Å². The second kappa shape index (κ2) is 14.6. The van der Waals surface area contributed by atoms with E-state index >= 15 is 0 Å². The number of aliphatic hydroxyl groups excluding tert-OH is 3. The summed E-state index contributed by atoms with van der Waals surface area (Å²) in [5.41, 5.74) is 0.435. The number of carbonyl (C=O) groups excluding carboxylic acids is 1. The van der Waals surface area contributed by atoms with Crippen molar-refractivity contribution in [1.82, 2.24) is 0 Å². The Morgan fingerprint density at radius 2 is 1.52 bits per heavy atom. The van der Waals surface area contributed by atoms with Crippen molar-refractivity contribution < 1.29 is 47.5 Å². The first-order valence-electron chi connectivity index (χ1n) is 5.49. The molecular formula is C11H16MgO10S. The zero-order valence-electron chi connectivity index (χ0n) is 12.2. The molecule has 0 spiro atoms. The number of hydrogen-bond acceptors (Lipinski definition) is 10. The number of hydrogen-bond donors (Lipinski definition) is 4. The number of phenolic OH excluding ortho intramolecular Hbond substituents is 1. The second-order valence-corrected chi connectivity index (χ2v) is 4.28. The van der Waals surface area contributed by atoms with Gasteiger partial charge in [-0.1, -0.05) is 0 Å². The van der Waals surface area contributed by atoms with Gasteiger partial charge in [0.1, 0.15) is 11.9 Å². The molecule has 0 radical (unpaired) electrons. The van der Waals surface area contributed by atoms with Crippen LogP contribution >= 0.6 is 0 Å². The summed E-state index contributed by atoms with van der Waals surface area (Å²) in [6.07, 6.45) is -0.954. The van der Waals surface area contributed by atoms with E-state index in [4.69, 9.17) is 37.9 Å². The molecule has 1 aromatic carbocycles. The first-order chi connectivity index (χ1) is 10.0. The largest absolute Gasteiger partial charge is 2.00 e. The standard InChI is InChI=1S/C8H8O3.C3H8O3.Mg.H2O4S/c1-11-8(10)6-2-4-7(9)5-3-6;4-1-3(6)2-5;;1-5(2,3)4/h2-5,9H,1H3;3-6H,1-2H2;;(H2,1,2,3,4)/q;;+2;/p-2. The monoisotopic (exact) mass is 364 g/mol. The van der Waals surface area contributed by atoms with Crippen molar-refractivity contribution in [1.29, 1.82) is 0 Å². The second-order valence-electron chi connectivity index (χ2n) is 3.47. The number of aromatic hydroxyl groups is 1. The summed E-state index contributed by atoms with van der Waals surface area (Å²) >= 11 is 0. The predicted molar refractivity (Wildman–Crippen MR) is 75.9 cm³/mol. The minimum absolute atomic E-state index is 0. The van der Waals surface area contributed by atoms with E-state index in [1.54, 1.807) is 0 Å². The molecule has 128 valence electrons. The summed E-state index contributed by atoms with van der Waals surface area (Å²) in [5.74, 6) is -0.261. The van der Waals surface area contributed by atoms with Gasteiger partial charge < -0.3 is 34.3 Å². The molecule has 0 saturated carbocycles. The molecule has 0 aliphatic heterocycles. The van der Waals surface area contributed by atoms with Crippen molar-refractivity contribution in [2.75, 3.05) is 20.3 Å². The van der Waals surface area contributed by atoms with Crippen molar-refractivity contribution >= 4 is 39.4 Å². The van der Waals surface area contributed by atoms with E-state index in [1.807, 2.05) is 0 Å². The average Bonchev–Trinajstić information content (AvgIpc) is 2.45. The topological polar surface area (TPSA) is 187 Å². The van der Waals surface area contributed by atoms with E-state index in [9.17, 15) is 4.79 Å². The Bertz CT molecular complexity index is 504. The summed E-state index contributed by atoms with van der Waals surface area (Å²) in [5, 5.41) is 32.9. The van der Waals surface area contributed by atoms with Crippen LogP contribution in [0.4, 0.5) is 0 Å². The van der Waals surface area contributed by atoms with Gasteiger partial charge in [0.25, 0.3) is 0 Å². The first kappa shape index (κ1) is 26.9. The van der Waals surface area contributed by atoms with Gasteiger partial charge in [-0.05, 0) is 24.3 Å². The van der Waals surface area contributed by atoms with Crippen LogP contribution in [0, 0.1) is 0 Å². The zero-order valence-corrected chi connectivity index (χ0v) is 14.4. The van der Waals surface area contributed by atoms with E-state index in [-0.39, 0.29) is 42.0 Å². The molecule has 0 saturated heterocycles. The van der Waals surface area contributed by atoms with Gasteiger partial charge in [0.2, 0.25) is 0 Å². The molecule has 4 N–H and O–H groups in total. The summed E-state index contributed by atoms with van der Waals surface area (Å²) in [4.78, 5) is 10.8. The Morgan fingerprint density at radius 1 is 1.17 bits per heavy atom. The molecule has 1 aromatic rings. The maximum Gasteiger partial charge on any atom is 2.00 e. The number of rotatable bonds is 3. The minimum atomic E-state index is -5.17. The van der Waals surface area contributed by atoms with E-state index < -0.39 is 22.5 Å². The van der Waals surface area contributed by atoms with Gasteiger partial charge >= 0.3 is 29.0 Å².